The third kappa shape index (κ3) is 10.3. The highest BCUT2D eigenvalue weighted by Gasteiger charge is 2.11. The van der Waals surface area contributed by atoms with Crippen molar-refractivity contribution in [3.8, 4) is 0 Å². The SMILES string of the molecule is O=C(CCCCC(CCSCc1ccccc1)SCc1ccccc1)Nc1ccccc1Cl. The second-order valence-corrected chi connectivity index (χ2v) is 10.8. The Bertz CT molecular complexity index is 952. The third-order valence-electron chi connectivity index (χ3n) is 5.35. The van der Waals surface area contributed by atoms with Gasteiger partial charge in [-0.1, -0.05) is 90.8 Å². The molecule has 0 heterocycles. The summed E-state index contributed by atoms with van der Waals surface area (Å²) in [6.07, 6.45) is 4.83. The van der Waals surface area contributed by atoms with Crippen LogP contribution < -0.4 is 5.32 Å². The van der Waals surface area contributed by atoms with Gasteiger partial charge in [-0.25, -0.2) is 0 Å². The lowest BCUT2D eigenvalue weighted by molar-refractivity contribution is -0.116. The van der Waals surface area contributed by atoms with Gasteiger partial charge in [-0.2, -0.15) is 23.5 Å². The van der Waals surface area contributed by atoms with Gasteiger partial charge in [-0.05, 0) is 48.3 Å². The highest BCUT2D eigenvalue weighted by Crippen LogP contribution is 2.27. The number of thioether (sulfide) groups is 2. The van der Waals surface area contributed by atoms with Crippen molar-refractivity contribution in [3.63, 3.8) is 0 Å². The molecule has 2 nitrogen and oxygen atoms in total. The van der Waals surface area contributed by atoms with Gasteiger partial charge in [0.05, 0.1) is 10.7 Å². The van der Waals surface area contributed by atoms with Gasteiger partial charge in [-0.15, -0.1) is 0 Å². The molecule has 0 bridgehead atoms. The summed E-state index contributed by atoms with van der Waals surface area (Å²) in [5.41, 5.74) is 3.46. The molecule has 3 rings (SSSR count). The van der Waals surface area contributed by atoms with E-state index in [-0.39, 0.29) is 5.91 Å². The molecular weight excluding hydrogens is 466 g/mol. The van der Waals surface area contributed by atoms with E-state index in [0.29, 0.717) is 22.4 Å². The van der Waals surface area contributed by atoms with E-state index in [2.05, 4.69) is 77.7 Å². The van der Waals surface area contributed by atoms with Gasteiger partial charge in [0.2, 0.25) is 5.91 Å². The van der Waals surface area contributed by atoms with Crippen LogP contribution in [0.5, 0.6) is 0 Å². The van der Waals surface area contributed by atoms with E-state index in [1.807, 2.05) is 30.0 Å². The van der Waals surface area contributed by atoms with Crippen molar-refractivity contribution in [1.29, 1.82) is 0 Å². The van der Waals surface area contributed by atoms with Crippen LogP contribution in [0.1, 0.15) is 43.2 Å². The van der Waals surface area contributed by atoms with Crippen molar-refractivity contribution in [2.45, 2.75) is 48.9 Å². The summed E-state index contributed by atoms with van der Waals surface area (Å²) >= 11 is 10.2. The standard InChI is InChI=1S/C28H32ClNOS2/c29-26-16-8-9-17-27(26)30-28(31)18-10-7-15-25(33-22-24-13-5-2-6-14-24)19-20-32-21-23-11-3-1-4-12-23/h1-6,8-9,11-14,16-17,25H,7,10,15,18-22H2,(H,30,31). The van der Waals surface area contributed by atoms with Gasteiger partial charge in [0, 0.05) is 23.2 Å². The van der Waals surface area contributed by atoms with Gasteiger partial charge in [-0.3, -0.25) is 4.79 Å². The molecule has 1 N–H and O–H groups in total. The molecule has 1 amide bonds. The number of hydrogen-bond acceptors (Lipinski definition) is 3. The maximum Gasteiger partial charge on any atom is 0.224 e. The normalized spacial score (nSPS) is 11.8. The minimum atomic E-state index is 0.0370. The van der Waals surface area contributed by atoms with E-state index >= 15 is 0 Å². The second kappa shape index (κ2) is 15.1. The highest BCUT2D eigenvalue weighted by molar-refractivity contribution is 7.99. The van der Waals surface area contributed by atoms with Crippen LogP contribution in [0.2, 0.25) is 5.02 Å². The number of unbranched alkanes of at least 4 members (excludes halogenated alkanes) is 1. The number of hydrogen-bond donors (Lipinski definition) is 1. The van der Waals surface area contributed by atoms with E-state index in [1.54, 1.807) is 6.07 Å². The first kappa shape index (κ1) is 25.7. The maximum atomic E-state index is 12.3. The van der Waals surface area contributed by atoms with E-state index in [4.69, 9.17) is 11.6 Å². The summed E-state index contributed by atoms with van der Waals surface area (Å²) in [7, 11) is 0. The number of rotatable bonds is 14. The Kier molecular flexibility index (Phi) is 11.8. The molecule has 33 heavy (non-hydrogen) atoms. The monoisotopic (exact) mass is 497 g/mol. The van der Waals surface area contributed by atoms with Crippen LogP contribution in [0.4, 0.5) is 5.69 Å². The first-order valence-corrected chi connectivity index (χ1v) is 14.1. The van der Waals surface area contributed by atoms with Gasteiger partial charge in [0.15, 0.2) is 0 Å². The Morgan fingerprint density at radius 2 is 1.42 bits per heavy atom. The molecule has 1 unspecified atom stereocenters. The Balaban J connectivity index is 1.40. The first-order valence-electron chi connectivity index (χ1n) is 11.5. The molecule has 0 aromatic heterocycles. The smallest absolute Gasteiger partial charge is 0.224 e. The molecule has 0 radical (unpaired) electrons. The molecular formula is C28H32ClNOS2. The summed E-state index contributed by atoms with van der Waals surface area (Å²) in [4.78, 5) is 12.3. The summed E-state index contributed by atoms with van der Waals surface area (Å²) < 4.78 is 0. The minimum absolute atomic E-state index is 0.0370. The number of halogens is 1. The van der Waals surface area contributed by atoms with Crippen LogP contribution >= 0.6 is 35.1 Å². The lowest BCUT2D eigenvalue weighted by Gasteiger charge is -2.17. The summed E-state index contributed by atoms with van der Waals surface area (Å²) in [6, 6.07) is 28.7. The molecule has 0 saturated heterocycles. The van der Waals surface area contributed by atoms with Crippen LogP contribution in [0.3, 0.4) is 0 Å². The predicted molar refractivity (Wildman–Crippen MR) is 147 cm³/mol. The number of carbonyl (C=O) groups excluding carboxylic acids is 1. The van der Waals surface area contributed by atoms with Crippen LogP contribution in [-0.2, 0) is 16.3 Å². The largest absolute Gasteiger partial charge is 0.325 e. The average Bonchev–Trinajstić information content (AvgIpc) is 2.85. The molecule has 0 spiro atoms. The number of carbonyl (C=O) groups is 1. The zero-order valence-corrected chi connectivity index (χ0v) is 21.3. The van der Waals surface area contributed by atoms with Crippen molar-refractivity contribution < 1.29 is 4.79 Å². The maximum absolute atomic E-state index is 12.3. The average molecular weight is 498 g/mol. The highest BCUT2D eigenvalue weighted by atomic mass is 35.5. The van der Waals surface area contributed by atoms with Crippen molar-refractivity contribution in [2.75, 3.05) is 11.1 Å². The molecule has 5 heteroatoms. The minimum Gasteiger partial charge on any atom is -0.325 e. The van der Waals surface area contributed by atoms with Crippen LogP contribution in [-0.4, -0.2) is 16.9 Å². The fourth-order valence-corrected chi connectivity index (χ4v) is 6.11. The molecule has 0 aliphatic heterocycles. The fourth-order valence-electron chi connectivity index (χ4n) is 3.51. The van der Waals surface area contributed by atoms with E-state index < -0.39 is 0 Å². The lowest BCUT2D eigenvalue weighted by atomic mass is 10.1. The topological polar surface area (TPSA) is 29.1 Å². The second-order valence-electron chi connectivity index (χ2n) is 8.02. The third-order valence-corrected chi connectivity index (χ3v) is 8.19. The number of benzene rings is 3. The Labute approximate surface area is 211 Å². The number of para-hydroxylation sites is 1. The zero-order valence-electron chi connectivity index (χ0n) is 18.9. The van der Waals surface area contributed by atoms with Crippen molar-refractivity contribution in [2.24, 2.45) is 0 Å². The molecule has 174 valence electrons. The quantitative estimate of drug-likeness (QED) is 0.226. The van der Waals surface area contributed by atoms with Crippen molar-refractivity contribution in [3.05, 3.63) is 101 Å². The number of nitrogens with one attached hydrogen (secondary N) is 1. The number of anilines is 1. The van der Waals surface area contributed by atoms with E-state index in [0.717, 1.165) is 36.5 Å². The molecule has 0 saturated carbocycles. The van der Waals surface area contributed by atoms with Crippen LogP contribution in [0, 0.1) is 0 Å². The molecule has 1 atom stereocenters. The molecule has 3 aromatic rings. The summed E-state index contributed by atoms with van der Waals surface area (Å²) in [6.45, 7) is 0. The Hall–Kier alpha value is -1.88. The molecule has 3 aromatic carbocycles. The van der Waals surface area contributed by atoms with Gasteiger partial charge >= 0.3 is 0 Å². The van der Waals surface area contributed by atoms with Crippen molar-refractivity contribution in [1.82, 2.24) is 0 Å². The van der Waals surface area contributed by atoms with Crippen LogP contribution in [0.25, 0.3) is 0 Å². The summed E-state index contributed by atoms with van der Waals surface area (Å²) in [5, 5.41) is 4.11. The predicted octanol–water partition coefficient (Wildman–Crippen LogP) is 8.46. The fraction of sp³-hybridized carbons (Fsp3) is 0.321. The first-order chi connectivity index (χ1) is 16.2. The van der Waals surface area contributed by atoms with Gasteiger partial charge < -0.3 is 5.32 Å². The Morgan fingerprint density at radius 1 is 0.788 bits per heavy atom. The Morgan fingerprint density at radius 3 is 2.12 bits per heavy atom. The van der Waals surface area contributed by atoms with E-state index in [9.17, 15) is 4.79 Å². The number of amides is 1. The zero-order chi connectivity index (χ0) is 23.1. The van der Waals surface area contributed by atoms with Gasteiger partial charge in [0.1, 0.15) is 0 Å². The van der Waals surface area contributed by atoms with Crippen LogP contribution in [0.15, 0.2) is 84.9 Å². The van der Waals surface area contributed by atoms with E-state index in [1.165, 1.54) is 17.5 Å². The molecule has 0 fully saturated rings. The van der Waals surface area contributed by atoms with Gasteiger partial charge in [0.25, 0.3) is 0 Å². The molecule has 0 aliphatic carbocycles. The molecule has 0 aliphatic rings. The lowest BCUT2D eigenvalue weighted by Crippen LogP contribution is -2.12. The van der Waals surface area contributed by atoms with Crippen molar-refractivity contribution >= 4 is 46.7 Å². The summed E-state index contributed by atoms with van der Waals surface area (Å²) in [5.74, 6) is 3.31.